The van der Waals surface area contributed by atoms with Crippen LogP contribution in [0, 0.1) is 12.8 Å². The first-order valence-corrected chi connectivity index (χ1v) is 16.0. The van der Waals surface area contributed by atoms with Crippen molar-refractivity contribution >= 4 is 11.0 Å². The number of hydrogen-bond acceptors (Lipinski definition) is 6. The molecule has 1 aromatic carbocycles. The SMILES string of the molecule is Cc1ccccc1-c1cc2c3c([nH]c2nn1)CCN(C1CCN(C2CCC(CN4CCNCC4)CC2)CC1)[C@@H]3C. The monoisotopic (exact) mass is 541 g/mol. The van der Waals surface area contributed by atoms with Gasteiger partial charge in [0, 0.05) is 80.5 Å². The van der Waals surface area contributed by atoms with Crippen molar-refractivity contribution in [3.05, 3.63) is 47.2 Å². The topological polar surface area (TPSA) is 63.3 Å². The van der Waals surface area contributed by atoms with Gasteiger partial charge in [0.25, 0.3) is 0 Å². The number of piperidine rings is 1. The van der Waals surface area contributed by atoms with Gasteiger partial charge in [-0.2, -0.15) is 0 Å². The molecule has 214 valence electrons. The Morgan fingerprint density at radius 2 is 1.65 bits per heavy atom. The van der Waals surface area contributed by atoms with Gasteiger partial charge < -0.3 is 20.1 Å². The molecular formula is C33H47N7. The molecule has 2 N–H and O–H groups in total. The number of H-pyrrole nitrogens is 1. The number of benzene rings is 1. The summed E-state index contributed by atoms with van der Waals surface area (Å²) in [4.78, 5) is 12.0. The van der Waals surface area contributed by atoms with Crippen LogP contribution in [0.5, 0.6) is 0 Å². The summed E-state index contributed by atoms with van der Waals surface area (Å²) in [6.45, 7) is 14.4. The van der Waals surface area contributed by atoms with E-state index in [4.69, 9.17) is 0 Å². The maximum Gasteiger partial charge on any atom is 0.160 e. The van der Waals surface area contributed by atoms with Crippen LogP contribution in [0.3, 0.4) is 0 Å². The number of likely N-dealkylation sites (tertiary alicyclic amines) is 1. The zero-order valence-corrected chi connectivity index (χ0v) is 24.5. The highest BCUT2D eigenvalue weighted by Gasteiger charge is 2.36. The molecule has 3 fully saturated rings. The number of nitrogens with one attached hydrogen (secondary N) is 2. The van der Waals surface area contributed by atoms with E-state index in [-0.39, 0.29) is 0 Å². The third-order valence-electron chi connectivity index (χ3n) is 10.7. The van der Waals surface area contributed by atoms with Gasteiger partial charge in [-0.25, -0.2) is 0 Å². The minimum absolute atomic E-state index is 0.406. The quantitative estimate of drug-likeness (QED) is 0.485. The van der Waals surface area contributed by atoms with Gasteiger partial charge >= 0.3 is 0 Å². The van der Waals surface area contributed by atoms with Gasteiger partial charge in [0.15, 0.2) is 5.65 Å². The van der Waals surface area contributed by atoms with Crippen molar-refractivity contribution in [1.82, 2.24) is 35.2 Å². The first-order valence-electron chi connectivity index (χ1n) is 16.0. The van der Waals surface area contributed by atoms with E-state index < -0.39 is 0 Å². The van der Waals surface area contributed by atoms with Gasteiger partial charge in [0.1, 0.15) is 0 Å². The largest absolute Gasteiger partial charge is 0.341 e. The van der Waals surface area contributed by atoms with Crippen molar-refractivity contribution in [2.45, 2.75) is 76.9 Å². The molecule has 0 unspecified atom stereocenters. The highest BCUT2D eigenvalue weighted by molar-refractivity contribution is 5.85. The Balaban J connectivity index is 0.981. The molecule has 3 aromatic rings. The highest BCUT2D eigenvalue weighted by atomic mass is 15.2. The molecule has 40 heavy (non-hydrogen) atoms. The summed E-state index contributed by atoms with van der Waals surface area (Å²) in [6, 6.07) is 12.7. The molecule has 7 heteroatoms. The van der Waals surface area contributed by atoms with Crippen LogP contribution in [-0.4, -0.2) is 94.3 Å². The zero-order chi connectivity index (χ0) is 27.1. The van der Waals surface area contributed by atoms with Crippen LogP contribution in [0.15, 0.2) is 30.3 Å². The lowest BCUT2D eigenvalue weighted by Gasteiger charge is -2.46. The van der Waals surface area contributed by atoms with E-state index in [1.807, 2.05) is 0 Å². The summed E-state index contributed by atoms with van der Waals surface area (Å²) in [6.07, 6.45) is 9.35. The molecule has 0 bridgehead atoms. The number of piperazine rings is 1. The normalized spacial score (nSPS) is 27.7. The van der Waals surface area contributed by atoms with Crippen LogP contribution in [0.2, 0.25) is 0 Å². The molecule has 7 rings (SSSR count). The lowest BCUT2D eigenvalue weighted by Crippen LogP contribution is -2.51. The molecule has 5 heterocycles. The second-order valence-corrected chi connectivity index (χ2v) is 13.0. The highest BCUT2D eigenvalue weighted by Crippen LogP contribution is 2.39. The zero-order valence-electron chi connectivity index (χ0n) is 24.5. The fourth-order valence-electron chi connectivity index (χ4n) is 8.36. The lowest BCUT2D eigenvalue weighted by molar-refractivity contribution is 0.0415. The first-order chi connectivity index (χ1) is 19.6. The van der Waals surface area contributed by atoms with Gasteiger partial charge in [0.2, 0.25) is 0 Å². The van der Waals surface area contributed by atoms with Crippen molar-refractivity contribution in [2.24, 2.45) is 5.92 Å². The number of aromatic amines is 1. The molecule has 0 amide bonds. The van der Waals surface area contributed by atoms with Crippen molar-refractivity contribution in [2.75, 3.05) is 52.4 Å². The van der Waals surface area contributed by atoms with E-state index in [2.05, 4.69) is 79.4 Å². The molecule has 1 aliphatic carbocycles. The summed E-state index contributed by atoms with van der Waals surface area (Å²) in [5, 5.41) is 14.0. The van der Waals surface area contributed by atoms with Gasteiger partial charge in [-0.1, -0.05) is 24.3 Å². The number of rotatable bonds is 5. The first kappa shape index (κ1) is 26.6. The van der Waals surface area contributed by atoms with Crippen LogP contribution in [0.4, 0.5) is 0 Å². The third-order valence-corrected chi connectivity index (χ3v) is 10.7. The van der Waals surface area contributed by atoms with Crippen LogP contribution < -0.4 is 5.32 Å². The standard InChI is InChI=1S/C33H47N7/c1-23-5-3-4-6-28(23)31-21-29-32-24(2)40(18-13-30(32)35-33(29)37-36-31)27-11-16-39(17-12-27)26-9-7-25(8-10-26)22-38-19-14-34-15-20-38/h3-6,21,24-27,34H,7-20,22H2,1-2H3,(H,35,37)/t24-,25?,26?/m1/s1. The summed E-state index contributed by atoms with van der Waals surface area (Å²) in [5.74, 6) is 0.919. The molecule has 1 saturated carbocycles. The number of aryl methyl sites for hydroxylation is 1. The van der Waals surface area contributed by atoms with E-state index in [1.54, 1.807) is 0 Å². The van der Waals surface area contributed by atoms with Gasteiger partial charge in [0.05, 0.1) is 5.69 Å². The van der Waals surface area contributed by atoms with Gasteiger partial charge in [-0.3, -0.25) is 4.90 Å². The van der Waals surface area contributed by atoms with E-state index in [0.29, 0.717) is 12.1 Å². The molecule has 7 nitrogen and oxygen atoms in total. The fraction of sp³-hybridized carbons (Fsp3) is 0.636. The van der Waals surface area contributed by atoms with E-state index in [9.17, 15) is 0 Å². The molecule has 0 radical (unpaired) electrons. The Labute approximate surface area is 239 Å². The summed E-state index contributed by atoms with van der Waals surface area (Å²) >= 11 is 0. The average molecular weight is 542 g/mol. The number of fused-ring (bicyclic) bond motifs is 3. The second-order valence-electron chi connectivity index (χ2n) is 13.0. The Bertz CT molecular complexity index is 1300. The molecule has 1 atom stereocenters. The maximum atomic E-state index is 4.64. The second kappa shape index (κ2) is 11.5. The summed E-state index contributed by atoms with van der Waals surface area (Å²) in [7, 11) is 0. The van der Waals surface area contributed by atoms with Crippen molar-refractivity contribution in [1.29, 1.82) is 0 Å². The van der Waals surface area contributed by atoms with E-state index >= 15 is 0 Å². The number of hydrogen-bond donors (Lipinski definition) is 2. The fourth-order valence-corrected chi connectivity index (χ4v) is 8.36. The Hall–Kier alpha value is -2.32. The van der Waals surface area contributed by atoms with Crippen LogP contribution >= 0.6 is 0 Å². The van der Waals surface area contributed by atoms with Crippen LogP contribution in [0.25, 0.3) is 22.3 Å². The molecule has 3 aliphatic heterocycles. The predicted octanol–water partition coefficient (Wildman–Crippen LogP) is 4.78. The summed E-state index contributed by atoms with van der Waals surface area (Å²) < 4.78 is 0. The third kappa shape index (κ3) is 5.22. The Morgan fingerprint density at radius 1 is 0.875 bits per heavy atom. The Kier molecular flexibility index (Phi) is 7.65. The maximum absolute atomic E-state index is 4.64. The molecule has 0 spiro atoms. The van der Waals surface area contributed by atoms with Crippen LogP contribution in [-0.2, 0) is 6.42 Å². The van der Waals surface area contributed by atoms with Gasteiger partial charge in [-0.05, 0) is 88.6 Å². The Morgan fingerprint density at radius 3 is 2.42 bits per heavy atom. The average Bonchev–Trinajstić information content (AvgIpc) is 3.37. The van der Waals surface area contributed by atoms with Crippen molar-refractivity contribution in [3.8, 4) is 11.3 Å². The lowest BCUT2D eigenvalue weighted by atomic mass is 9.84. The number of aromatic nitrogens is 3. The molecule has 4 aliphatic rings. The van der Waals surface area contributed by atoms with E-state index in [1.165, 1.54) is 112 Å². The number of nitrogens with zero attached hydrogens (tertiary/aromatic N) is 5. The predicted molar refractivity (Wildman–Crippen MR) is 163 cm³/mol. The molecular weight excluding hydrogens is 494 g/mol. The summed E-state index contributed by atoms with van der Waals surface area (Å²) in [5.41, 5.74) is 7.17. The molecule has 2 saturated heterocycles. The molecule has 2 aromatic heterocycles. The van der Waals surface area contributed by atoms with E-state index in [0.717, 1.165) is 36.3 Å². The van der Waals surface area contributed by atoms with Crippen molar-refractivity contribution in [3.63, 3.8) is 0 Å². The van der Waals surface area contributed by atoms with Gasteiger partial charge in [-0.15, -0.1) is 10.2 Å². The van der Waals surface area contributed by atoms with Crippen molar-refractivity contribution < 1.29 is 0 Å². The smallest absolute Gasteiger partial charge is 0.160 e. The minimum Gasteiger partial charge on any atom is -0.341 e. The van der Waals surface area contributed by atoms with Crippen LogP contribution in [0.1, 0.15) is 68.3 Å². The minimum atomic E-state index is 0.406.